The lowest BCUT2D eigenvalue weighted by molar-refractivity contribution is 0.0952. The summed E-state index contributed by atoms with van der Waals surface area (Å²) in [4.78, 5) is 19.5. The Balaban J connectivity index is 1.02. The van der Waals surface area contributed by atoms with Gasteiger partial charge < -0.3 is 15.0 Å². The second-order valence-corrected chi connectivity index (χ2v) is 11.0. The molecular formula is C32H38ClN3O2. The van der Waals surface area contributed by atoms with Gasteiger partial charge in [0.25, 0.3) is 5.91 Å². The topological polar surface area (TPSA) is 54.5 Å². The van der Waals surface area contributed by atoms with E-state index in [-0.39, 0.29) is 5.91 Å². The number of methoxy groups -OCH3 is 1. The number of nitrogens with one attached hydrogen (secondary N) is 1. The smallest absolute Gasteiger partial charge is 0.252 e. The summed E-state index contributed by atoms with van der Waals surface area (Å²) in [6.07, 6.45) is 11.0. The summed E-state index contributed by atoms with van der Waals surface area (Å²) in [6.45, 7) is 4.02. The van der Waals surface area contributed by atoms with Gasteiger partial charge in [0.05, 0.1) is 18.4 Å². The van der Waals surface area contributed by atoms with Gasteiger partial charge in [0.15, 0.2) is 0 Å². The van der Waals surface area contributed by atoms with Crippen LogP contribution in [0.15, 0.2) is 54.7 Å². The predicted molar refractivity (Wildman–Crippen MR) is 154 cm³/mol. The lowest BCUT2D eigenvalue weighted by Gasteiger charge is -2.33. The average Bonchev–Trinajstić information content (AvgIpc) is 2.97. The number of pyridine rings is 1. The Morgan fingerprint density at radius 2 is 1.82 bits per heavy atom. The summed E-state index contributed by atoms with van der Waals surface area (Å²) in [5.41, 5.74) is 6.77. The molecular weight excluding hydrogens is 494 g/mol. The highest BCUT2D eigenvalue weighted by Gasteiger charge is 2.26. The summed E-state index contributed by atoms with van der Waals surface area (Å²) in [6, 6.07) is 15.9. The molecule has 1 aliphatic heterocycles. The van der Waals surface area contributed by atoms with Crippen LogP contribution >= 0.6 is 11.6 Å². The number of aromatic nitrogens is 1. The Hall–Kier alpha value is -2.89. The molecule has 1 aromatic heterocycles. The normalized spacial score (nSPS) is 16.2. The largest absolute Gasteiger partial charge is 0.496 e. The minimum absolute atomic E-state index is 0.0695. The maximum atomic E-state index is 12.5. The van der Waals surface area contributed by atoms with Gasteiger partial charge in [0.1, 0.15) is 5.75 Å². The average molecular weight is 532 g/mol. The number of amides is 1. The van der Waals surface area contributed by atoms with Crippen molar-refractivity contribution in [2.75, 3.05) is 33.3 Å². The molecule has 5 nitrogen and oxygen atoms in total. The van der Waals surface area contributed by atoms with Gasteiger partial charge >= 0.3 is 0 Å². The number of hydrogen-bond donors (Lipinski definition) is 1. The minimum Gasteiger partial charge on any atom is -0.496 e. The van der Waals surface area contributed by atoms with Crippen molar-refractivity contribution < 1.29 is 9.53 Å². The first-order valence-electron chi connectivity index (χ1n) is 14.0. The van der Waals surface area contributed by atoms with E-state index in [1.54, 1.807) is 6.20 Å². The summed E-state index contributed by atoms with van der Waals surface area (Å²) in [5.74, 6) is 1.69. The van der Waals surface area contributed by atoms with Crippen molar-refractivity contribution in [3.05, 3.63) is 82.0 Å². The molecule has 1 N–H and O–H groups in total. The number of halogens is 1. The van der Waals surface area contributed by atoms with Crippen LogP contribution in [-0.2, 0) is 12.8 Å². The molecule has 6 heteroatoms. The van der Waals surface area contributed by atoms with Gasteiger partial charge in [-0.2, -0.15) is 0 Å². The first-order chi connectivity index (χ1) is 18.6. The SMILES string of the molecule is COc1c(C2CCN(CCCCNC(=O)c3ccc(-c4ccc(Cl)cc4)nc3)CC2)ccc2c1CCCC2. The molecule has 0 spiro atoms. The molecule has 0 saturated carbocycles. The molecule has 2 aliphatic rings. The van der Waals surface area contributed by atoms with Crippen LogP contribution in [0.2, 0.25) is 5.02 Å². The molecule has 0 atom stereocenters. The maximum absolute atomic E-state index is 12.5. The predicted octanol–water partition coefficient (Wildman–Crippen LogP) is 6.68. The fourth-order valence-electron chi connectivity index (χ4n) is 5.93. The number of hydrogen-bond acceptors (Lipinski definition) is 4. The second kappa shape index (κ2) is 12.8. The van der Waals surface area contributed by atoms with E-state index in [1.807, 2.05) is 43.5 Å². The third kappa shape index (κ3) is 6.39. The molecule has 1 saturated heterocycles. The highest BCUT2D eigenvalue weighted by molar-refractivity contribution is 6.30. The molecule has 38 heavy (non-hydrogen) atoms. The van der Waals surface area contributed by atoms with Crippen molar-refractivity contribution in [2.24, 2.45) is 0 Å². The summed E-state index contributed by atoms with van der Waals surface area (Å²) < 4.78 is 5.94. The first-order valence-corrected chi connectivity index (χ1v) is 14.4. The molecule has 0 bridgehead atoms. The van der Waals surface area contributed by atoms with E-state index in [4.69, 9.17) is 16.3 Å². The van der Waals surface area contributed by atoms with Crippen LogP contribution in [0.25, 0.3) is 11.3 Å². The fraction of sp³-hybridized carbons (Fsp3) is 0.438. The Kier molecular flexibility index (Phi) is 8.98. The first kappa shape index (κ1) is 26.7. The molecule has 200 valence electrons. The lowest BCUT2D eigenvalue weighted by atomic mass is 9.83. The quantitative estimate of drug-likeness (QED) is 0.313. The van der Waals surface area contributed by atoms with E-state index in [0.29, 0.717) is 23.0 Å². The third-order valence-corrected chi connectivity index (χ3v) is 8.35. The van der Waals surface area contributed by atoms with Crippen LogP contribution in [0.3, 0.4) is 0 Å². The van der Waals surface area contributed by atoms with E-state index in [2.05, 4.69) is 27.3 Å². The number of carbonyl (C=O) groups is 1. The van der Waals surface area contributed by atoms with Gasteiger partial charge in [-0.3, -0.25) is 9.78 Å². The second-order valence-electron chi connectivity index (χ2n) is 10.6. The Morgan fingerprint density at radius 1 is 1.03 bits per heavy atom. The van der Waals surface area contributed by atoms with E-state index < -0.39 is 0 Å². The van der Waals surface area contributed by atoms with Crippen molar-refractivity contribution in [1.29, 1.82) is 0 Å². The highest BCUT2D eigenvalue weighted by Crippen LogP contribution is 2.40. The lowest BCUT2D eigenvalue weighted by Crippen LogP contribution is -2.34. The van der Waals surface area contributed by atoms with Gasteiger partial charge in [-0.15, -0.1) is 0 Å². The minimum atomic E-state index is -0.0695. The Morgan fingerprint density at radius 3 is 2.55 bits per heavy atom. The number of fused-ring (bicyclic) bond motifs is 1. The molecule has 2 heterocycles. The fourth-order valence-corrected chi connectivity index (χ4v) is 6.05. The number of benzene rings is 2. The third-order valence-electron chi connectivity index (χ3n) is 8.09. The van der Waals surface area contributed by atoms with Crippen LogP contribution in [0.4, 0.5) is 0 Å². The molecule has 0 unspecified atom stereocenters. The molecule has 3 aromatic rings. The standard InChI is InChI=1S/C32H38ClN3O2/c1-38-31-28-7-3-2-6-23(28)10-14-29(31)24-16-20-36(21-17-24)19-5-4-18-34-32(37)26-11-15-30(35-22-26)25-8-12-27(33)13-9-25/h8-15,22,24H,2-7,16-21H2,1H3,(H,34,37). The van der Waals surface area contributed by atoms with Crippen molar-refractivity contribution in [1.82, 2.24) is 15.2 Å². The Bertz CT molecular complexity index is 1220. The van der Waals surface area contributed by atoms with Crippen LogP contribution in [-0.4, -0.2) is 49.1 Å². The number of ether oxygens (including phenoxy) is 1. The van der Waals surface area contributed by atoms with Gasteiger partial charge in [-0.1, -0.05) is 35.9 Å². The number of aryl methyl sites for hydroxylation is 1. The van der Waals surface area contributed by atoms with Crippen LogP contribution in [0.1, 0.15) is 71.5 Å². The number of likely N-dealkylation sites (tertiary alicyclic amines) is 1. The number of unbranched alkanes of at least 4 members (excludes halogenated alkanes) is 1. The number of piperidine rings is 1. The monoisotopic (exact) mass is 531 g/mol. The van der Waals surface area contributed by atoms with Crippen LogP contribution in [0.5, 0.6) is 5.75 Å². The zero-order valence-corrected chi connectivity index (χ0v) is 23.1. The molecule has 5 rings (SSSR count). The molecule has 1 fully saturated rings. The molecule has 2 aromatic carbocycles. The van der Waals surface area contributed by atoms with Crippen molar-refractivity contribution in [3.8, 4) is 17.0 Å². The Labute approximate surface area is 231 Å². The van der Waals surface area contributed by atoms with Gasteiger partial charge in [0, 0.05) is 23.3 Å². The van der Waals surface area contributed by atoms with Crippen molar-refractivity contribution in [3.63, 3.8) is 0 Å². The van der Waals surface area contributed by atoms with Crippen LogP contribution in [0, 0.1) is 0 Å². The van der Waals surface area contributed by atoms with Gasteiger partial charge in [0.2, 0.25) is 0 Å². The number of nitrogens with zero attached hydrogens (tertiary/aromatic N) is 2. The van der Waals surface area contributed by atoms with Crippen molar-refractivity contribution in [2.45, 2.75) is 57.3 Å². The van der Waals surface area contributed by atoms with E-state index in [0.717, 1.165) is 50.2 Å². The highest BCUT2D eigenvalue weighted by atomic mass is 35.5. The molecule has 0 radical (unpaired) electrons. The number of carbonyl (C=O) groups excluding carboxylic acids is 1. The summed E-state index contributed by atoms with van der Waals surface area (Å²) in [7, 11) is 1.84. The van der Waals surface area contributed by atoms with Crippen molar-refractivity contribution >= 4 is 17.5 Å². The zero-order valence-electron chi connectivity index (χ0n) is 22.3. The zero-order chi connectivity index (χ0) is 26.3. The van der Waals surface area contributed by atoms with E-state index in [9.17, 15) is 4.79 Å². The van der Waals surface area contributed by atoms with E-state index in [1.165, 1.54) is 54.5 Å². The molecule has 1 amide bonds. The number of rotatable bonds is 9. The molecule has 1 aliphatic carbocycles. The van der Waals surface area contributed by atoms with Gasteiger partial charge in [-0.25, -0.2) is 0 Å². The maximum Gasteiger partial charge on any atom is 0.252 e. The summed E-state index contributed by atoms with van der Waals surface area (Å²) in [5, 5.41) is 3.74. The van der Waals surface area contributed by atoms with Gasteiger partial charge in [-0.05, 0) is 118 Å². The van der Waals surface area contributed by atoms with E-state index >= 15 is 0 Å². The summed E-state index contributed by atoms with van der Waals surface area (Å²) >= 11 is 5.96. The van der Waals surface area contributed by atoms with Crippen LogP contribution < -0.4 is 10.1 Å².